The van der Waals surface area contributed by atoms with Crippen molar-refractivity contribution in [1.29, 1.82) is 0 Å². The van der Waals surface area contributed by atoms with Crippen LogP contribution < -0.4 is 11.1 Å². The Labute approximate surface area is 141 Å². The van der Waals surface area contributed by atoms with Gasteiger partial charge in [0.25, 0.3) is 0 Å². The van der Waals surface area contributed by atoms with Crippen molar-refractivity contribution in [1.82, 2.24) is 20.5 Å². The first-order valence-electron chi connectivity index (χ1n) is 6.95. The average Bonchev–Trinajstić information content (AvgIpc) is 3.19. The lowest BCUT2D eigenvalue weighted by Crippen LogP contribution is -2.27. The number of nitrogens with zero attached hydrogens (tertiary/aromatic N) is 3. The van der Waals surface area contributed by atoms with Gasteiger partial charge in [-0.05, 0) is 24.1 Å². The first-order chi connectivity index (χ1) is 11.1. The molecule has 0 spiro atoms. The second kappa shape index (κ2) is 6.84. The number of hydrogen-bond donors (Lipinski definition) is 2. The third kappa shape index (κ3) is 3.91. The van der Waals surface area contributed by atoms with Crippen LogP contribution in [0.3, 0.4) is 0 Å². The van der Waals surface area contributed by atoms with Crippen LogP contribution in [0.4, 0.5) is 5.69 Å². The van der Waals surface area contributed by atoms with Gasteiger partial charge in [0.2, 0.25) is 5.91 Å². The molecule has 2 heterocycles. The fourth-order valence-electron chi connectivity index (χ4n) is 2.13. The molecule has 3 aromatic rings. The Morgan fingerprint density at radius 2 is 2.09 bits per heavy atom. The summed E-state index contributed by atoms with van der Waals surface area (Å²) in [7, 11) is 0. The molecule has 0 fully saturated rings. The van der Waals surface area contributed by atoms with Crippen molar-refractivity contribution in [3.8, 4) is 9.88 Å². The monoisotopic (exact) mass is 345 g/mol. The number of anilines is 1. The van der Waals surface area contributed by atoms with E-state index >= 15 is 0 Å². The highest BCUT2D eigenvalue weighted by atomic mass is 32.1. The summed E-state index contributed by atoms with van der Waals surface area (Å²) >= 11 is 2.99. The highest BCUT2D eigenvalue weighted by molar-refractivity contribution is 7.20. The number of aromatic nitrogens is 3. The Morgan fingerprint density at radius 3 is 2.74 bits per heavy atom. The second-order valence-corrected chi connectivity index (χ2v) is 6.91. The summed E-state index contributed by atoms with van der Waals surface area (Å²) in [4.78, 5) is 16.6. The van der Waals surface area contributed by atoms with Gasteiger partial charge in [-0.25, -0.2) is 0 Å². The van der Waals surface area contributed by atoms with E-state index in [9.17, 15) is 4.79 Å². The van der Waals surface area contributed by atoms with Gasteiger partial charge in [-0.2, -0.15) is 0 Å². The van der Waals surface area contributed by atoms with Gasteiger partial charge in [-0.15, -0.1) is 21.5 Å². The van der Waals surface area contributed by atoms with E-state index in [1.54, 1.807) is 11.7 Å². The molecular weight excluding hydrogens is 330 g/mol. The van der Waals surface area contributed by atoms with E-state index in [-0.39, 0.29) is 11.9 Å². The Hall–Kier alpha value is -2.32. The Morgan fingerprint density at radius 1 is 1.30 bits per heavy atom. The van der Waals surface area contributed by atoms with Crippen molar-refractivity contribution in [3.63, 3.8) is 0 Å². The van der Waals surface area contributed by atoms with Crippen molar-refractivity contribution < 1.29 is 4.79 Å². The van der Waals surface area contributed by atoms with Crippen LogP contribution in [0.5, 0.6) is 0 Å². The summed E-state index contributed by atoms with van der Waals surface area (Å²) in [5, 5.41) is 13.0. The number of nitrogen functional groups attached to an aromatic ring is 1. The Balaban J connectivity index is 1.84. The fourth-order valence-corrected chi connectivity index (χ4v) is 3.70. The molecule has 0 radical (unpaired) electrons. The maximum absolute atomic E-state index is 11.5. The number of hydrogen-bond acceptors (Lipinski definition) is 7. The molecule has 0 unspecified atom stereocenters. The SMILES string of the molecule is CC(=O)N[C@@H](Cc1ccc(N)cc1)c1nnc(-c2cncs2)s1. The van der Waals surface area contributed by atoms with E-state index in [1.807, 2.05) is 24.3 Å². The molecule has 0 saturated carbocycles. The highest BCUT2D eigenvalue weighted by Crippen LogP contribution is 2.30. The van der Waals surface area contributed by atoms with Gasteiger partial charge in [-0.1, -0.05) is 23.5 Å². The molecule has 0 aliphatic rings. The van der Waals surface area contributed by atoms with Crippen LogP contribution in [-0.2, 0) is 11.2 Å². The van der Waals surface area contributed by atoms with Crippen LogP contribution in [0.1, 0.15) is 23.5 Å². The molecule has 0 saturated heterocycles. The van der Waals surface area contributed by atoms with Crippen LogP contribution in [0.25, 0.3) is 9.88 Å². The normalized spacial score (nSPS) is 12.0. The molecule has 8 heteroatoms. The molecule has 0 aliphatic carbocycles. The van der Waals surface area contributed by atoms with Crippen LogP contribution in [0.2, 0.25) is 0 Å². The minimum absolute atomic E-state index is 0.0972. The van der Waals surface area contributed by atoms with Crippen molar-refractivity contribution in [2.24, 2.45) is 0 Å². The molecule has 6 nitrogen and oxygen atoms in total. The topological polar surface area (TPSA) is 93.8 Å². The Kier molecular flexibility index (Phi) is 4.63. The van der Waals surface area contributed by atoms with E-state index in [0.29, 0.717) is 12.1 Å². The van der Waals surface area contributed by atoms with Gasteiger partial charge in [0, 0.05) is 18.8 Å². The molecule has 1 aromatic carbocycles. The summed E-state index contributed by atoms with van der Waals surface area (Å²) < 4.78 is 0. The predicted octanol–water partition coefficient (Wildman–Crippen LogP) is 2.66. The second-order valence-electron chi connectivity index (χ2n) is 5.01. The van der Waals surface area contributed by atoms with Gasteiger partial charge in [0.1, 0.15) is 5.01 Å². The molecule has 2 aromatic heterocycles. The van der Waals surface area contributed by atoms with E-state index in [1.165, 1.54) is 29.6 Å². The van der Waals surface area contributed by atoms with Crippen molar-refractivity contribution in [2.75, 3.05) is 5.73 Å². The lowest BCUT2D eigenvalue weighted by molar-refractivity contribution is -0.119. The van der Waals surface area contributed by atoms with Gasteiger partial charge in [0.15, 0.2) is 5.01 Å². The van der Waals surface area contributed by atoms with Crippen LogP contribution >= 0.6 is 22.7 Å². The number of rotatable bonds is 5. The summed E-state index contributed by atoms with van der Waals surface area (Å²) in [6.45, 7) is 1.50. The van der Waals surface area contributed by atoms with E-state index in [4.69, 9.17) is 5.73 Å². The number of nitrogens with one attached hydrogen (secondary N) is 1. The third-order valence-electron chi connectivity index (χ3n) is 3.18. The van der Waals surface area contributed by atoms with Gasteiger partial charge in [-0.3, -0.25) is 9.78 Å². The minimum atomic E-state index is -0.213. The molecule has 1 amide bonds. The van der Waals surface area contributed by atoms with Gasteiger partial charge >= 0.3 is 0 Å². The third-order valence-corrected chi connectivity index (χ3v) is 5.16. The summed E-state index contributed by atoms with van der Waals surface area (Å²) in [5.41, 5.74) is 9.26. The molecule has 118 valence electrons. The summed E-state index contributed by atoms with van der Waals surface area (Å²) in [5.74, 6) is -0.0972. The lowest BCUT2D eigenvalue weighted by Gasteiger charge is -2.15. The predicted molar refractivity (Wildman–Crippen MR) is 92.1 cm³/mol. The van der Waals surface area contributed by atoms with Gasteiger partial charge < -0.3 is 11.1 Å². The first kappa shape index (κ1) is 15.6. The van der Waals surface area contributed by atoms with E-state index < -0.39 is 0 Å². The van der Waals surface area contributed by atoms with E-state index in [2.05, 4.69) is 20.5 Å². The summed E-state index contributed by atoms with van der Waals surface area (Å²) in [6.07, 6.45) is 2.40. The number of nitrogens with two attached hydrogens (primary N) is 1. The van der Waals surface area contributed by atoms with Gasteiger partial charge in [0.05, 0.1) is 16.4 Å². The number of carbonyl (C=O) groups is 1. The number of thiazole rings is 1. The average molecular weight is 345 g/mol. The standard InChI is InChI=1S/C15H15N5OS2/c1-9(21)18-12(6-10-2-4-11(16)5-3-10)14-19-20-15(23-14)13-7-17-8-22-13/h2-5,7-8,12H,6,16H2,1H3,(H,18,21)/t12-/m0/s1. The summed E-state index contributed by atoms with van der Waals surface area (Å²) in [6, 6.07) is 7.40. The largest absolute Gasteiger partial charge is 0.399 e. The highest BCUT2D eigenvalue weighted by Gasteiger charge is 2.19. The van der Waals surface area contributed by atoms with Crippen LogP contribution in [0, 0.1) is 0 Å². The van der Waals surface area contributed by atoms with Crippen LogP contribution in [0.15, 0.2) is 36.0 Å². The molecule has 0 bridgehead atoms. The molecule has 23 heavy (non-hydrogen) atoms. The molecule has 0 aliphatic heterocycles. The zero-order chi connectivity index (χ0) is 16.2. The first-order valence-corrected chi connectivity index (χ1v) is 8.65. The number of carbonyl (C=O) groups excluding carboxylic acids is 1. The van der Waals surface area contributed by atoms with E-state index in [0.717, 1.165) is 20.5 Å². The number of amides is 1. The quantitative estimate of drug-likeness (QED) is 0.693. The zero-order valence-electron chi connectivity index (χ0n) is 12.4. The molecule has 3 rings (SSSR count). The van der Waals surface area contributed by atoms with Crippen molar-refractivity contribution in [3.05, 3.63) is 46.5 Å². The van der Waals surface area contributed by atoms with Crippen molar-refractivity contribution >= 4 is 34.3 Å². The zero-order valence-corrected chi connectivity index (χ0v) is 14.0. The molecular formula is C15H15N5OS2. The lowest BCUT2D eigenvalue weighted by atomic mass is 10.1. The van der Waals surface area contributed by atoms with Crippen molar-refractivity contribution in [2.45, 2.75) is 19.4 Å². The maximum atomic E-state index is 11.5. The molecule has 3 N–H and O–H groups in total. The van der Waals surface area contributed by atoms with Crippen LogP contribution in [-0.4, -0.2) is 21.1 Å². The minimum Gasteiger partial charge on any atom is -0.399 e. The smallest absolute Gasteiger partial charge is 0.217 e. The molecule has 1 atom stereocenters. The maximum Gasteiger partial charge on any atom is 0.217 e. The Bertz CT molecular complexity index is 783. The fraction of sp³-hybridized carbons (Fsp3) is 0.200. The number of benzene rings is 1.